The summed E-state index contributed by atoms with van der Waals surface area (Å²) >= 11 is 1.50. The van der Waals surface area contributed by atoms with Crippen molar-refractivity contribution in [1.82, 2.24) is 14.5 Å². The lowest BCUT2D eigenvalue weighted by Crippen LogP contribution is -2.42. The summed E-state index contributed by atoms with van der Waals surface area (Å²) in [7, 11) is 0. The Morgan fingerprint density at radius 3 is 2.75 bits per heavy atom. The van der Waals surface area contributed by atoms with Gasteiger partial charge in [-0.05, 0) is 42.9 Å². The summed E-state index contributed by atoms with van der Waals surface area (Å²) in [6.45, 7) is 1.96. The molecule has 0 bridgehead atoms. The number of unbranched alkanes of at least 4 members (excludes halogenated alkanes) is 1. The van der Waals surface area contributed by atoms with Gasteiger partial charge in [0, 0.05) is 25.8 Å². The molecule has 1 saturated carbocycles. The Balaban J connectivity index is 1.92. The molecular weight excluding hydrogens is 374 g/mol. The number of nitriles is 1. The number of rotatable bonds is 7. The van der Waals surface area contributed by atoms with Gasteiger partial charge in [0.25, 0.3) is 0 Å². The highest BCUT2D eigenvalue weighted by Crippen LogP contribution is 2.39. The lowest BCUT2D eigenvalue weighted by molar-refractivity contribution is -0.118. The molecular formula is C20H27N5O2S. The van der Waals surface area contributed by atoms with Crippen molar-refractivity contribution in [2.75, 3.05) is 11.6 Å². The van der Waals surface area contributed by atoms with Crippen molar-refractivity contribution in [2.24, 2.45) is 0 Å². The third-order valence-corrected chi connectivity index (χ3v) is 5.88. The number of aromatic nitrogens is 3. The number of carbonyl (C=O) groups excluding carboxylic acids is 1. The average Bonchev–Trinajstić information content (AvgIpc) is 2.72. The Hall–Kier alpha value is -2.66. The smallest absolute Gasteiger partial charge is 0.240 e. The number of carbonyl (C=O) groups is 1. The van der Waals surface area contributed by atoms with E-state index >= 15 is 0 Å². The van der Waals surface area contributed by atoms with E-state index in [1.54, 1.807) is 9.91 Å². The summed E-state index contributed by atoms with van der Waals surface area (Å²) in [4.78, 5) is 14.8. The first-order valence-corrected chi connectivity index (χ1v) is 10.6. The maximum absolute atomic E-state index is 12.1. The van der Waals surface area contributed by atoms with Crippen LogP contribution in [0.3, 0.4) is 0 Å². The average molecular weight is 402 g/mol. The molecule has 2 aromatic rings. The predicted octanol–water partition coefficient (Wildman–Crippen LogP) is 4.96. The zero-order valence-electron chi connectivity index (χ0n) is 16.2. The van der Waals surface area contributed by atoms with E-state index in [1.807, 2.05) is 30.3 Å². The second kappa shape index (κ2) is 10.0. The van der Waals surface area contributed by atoms with Gasteiger partial charge >= 0.3 is 0 Å². The number of amides is 1. The number of hydrogen-bond acceptors (Lipinski definition) is 4. The SMILES string of the molecule is CC(=O)N(CCCC#N)n1[nH]sc(C2CCCCC2)c(Oc2ccccc2)[nH]1. The summed E-state index contributed by atoms with van der Waals surface area (Å²) in [5, 5.41) is 13.6. The normalized spacial score (nSPS) is 14.3. The summed E-state index contributed by atoms with van der Waals surface area (Å²) in [5.74, 6) is 1.75. The molecule has 150 valence electrons. The number of benzene rings is 1. The molecule has 1 amide bonds. The van der Waals surface area contributed by atoms with Crippen LogP contribution in [0.25, 0.3) is 0 Å². The van der Waals surface area contributed by atoms with Crippen LogP contribution in [0.1, 0.15) is 62.7 Å². The molecule has 7 nitrogen and oxygen atoms in total. The van der Waals surface area contributed by atoms with Gasteiger partial charge in [0.15, 0.2) is 0 Å². The van der Waals surface area contributed by atoms with Crippen molar-refractivity contribution >= 4 is 17.4 Å². The molecule has 1 aromatic carbocycles. The van der Waals surface area contributed by atoms with Gasteiger partial charge in [-0.15, -0.1) is 4.91 Å². The molecule has 1 aromatic heterocycles. The maximum atomic E-state index is 12.1. The van der Waals surface area contributed by atoms with Gasteiger partial charge in [-0.1, -0.05) is 37.5 Å². The van der Waals surface area contributed by atoms with E-state index in [9.17, 15) is 4.79 Å². The van der Waals surface area contributed by atoms with Crippen molar-refractivity contribution in [3.8, 4) is 17.7 Å². The van der Waals surface area contributed by atoms with E-state index in [0.29, 0.717) is 31.2 Å². The summed E-state index contributed by atoms with van der Waals surface area (Å²) in [6.07, 6.45) is 7.04. The first-order chi connectivity index (χ1) is 13.7. The zero-order chi connectivity index (χ0) is 19.8. The van der Waals surface area contributed by atoms with Gasteiger partial charge < -0.3 is 4.74 Å². The molecule has 1 heterocycles. The van der Waals surface area contributed by atoms with Crippen molar-refractivity contribution in [2.45, 2.75) is 57.8 Å². The molecule has 1 fully saturated rings. The molecule has 0 unspecified atom stereocenters. The first kappa shape index (κ1) is 20.1. The van der Waals surface area contributed by atoms with E-state index in [4.69, 9.17) is 10.00 Å². The van der Waals surface area contributed by atoms with Gasteiger partial charge in [0.05, 0.1) is 10.9 Å². The largest absolute Gasteiger partial charge is 0.438 e. The fourth-order valence-electron chi connectivity index (χ4n) is 3.44. The highest BCUT2D eigenvalue weighted by atomic mass is 32.1. The molecule has 8 heteroatoms. The zero-order valence-corrected chi connectivity index (χ0v) is 17.0. The molecule has 0 spiro atoms. The van der Waals surface area contributed by atoms with Crippen LogP contribution < -0.4 is 9.75 Å². The number of nitrogens with one attached hydrogen (secondary N) is 2. The fourth-order valence-corrected chi connectivity index (χ4v) is 4.35. The van der Waals surface area contributed by atoms with Crippen LogP contribution in [0.4, 0.5) is 0 Å². The second-order valence-corrected chi connectivity index (χ2v) is 7.79. The molecule has 2 N–H and O–H groups in total. The first-order valence-electron chi connectivity index (χ1n) is 9.80. The quantitative estimate of drug-likeness (QED) is 0.643. The molecule has 1 aliphatic carbocycles. The van der Waals surface area contributed by atoms with Crippen LogP contribution in [0, 0.1) is 11.3 Å². The Kier molecular flexibility index (Phi) is 7.20. The summed E-state index contributed by atoms with van der Waals surface area (Å²) < 4.78 is 9.40. The van der Waals surface area contributed by atoms with E-state index in [2.05, 4.69) is 15.7 Å². The monoisotopic (exact) mass is 401 g/mol. The van der Waals surface area contributed by atoms with Crippen molar-refractivity contribution in [1.29, 1.82) is 5.26 Å². The number of para-hydroxylation sites is 1. The van der Waals surface area contributed by atoms with Crippen LogP contribution in [0.2, 0.25) is 0 Å². The molecule has 0 aliphatic heterocycles. The standard InChI is InChI=1S/C20H27N5O2S/c1-16(26)24(15-9-8-14-21)25-22-20(27-18-12-6-3-7-13-18)19(28-23-25)17-10-4-2-5-11-17/h3,6-7,12-13,17,22-23H,2,4-5,8-11,15H2,1H3. The Morgan fingerprint density at radius 1 is 1.32 bits per heavy atom. The third kappa shape index (κ3) is 5.20. The van der Waals surface area contributed by atoms with Crippen LogP contribution >= 0.6 is 11.5 Å². The van der Waals surface area contributed by atoms with Gasteiger partial charge in [-0.2, -0.15) is 5.26 Å². The molecule has 1 aliphatic rings. The van der Waals surface area contributed by atoms with Crippen LogP contribution in [-0.2, 0) is 4.79 Å². The van der Waals surface area contributed by atoms with E-state index in [0.717, 1.165) is 23.5 Å². The maximum Gasteiger partial charge on any atom is 0.240 e. The minimum Gasteiger partial charge on any atom is -0.438 e. The summed E-state index contributed by atoms with van der Waals surface area (Å²) in [6, 6.07) is 11.8. The Labute approximate surface area is 169 Å². The molecule has 28 heavy (non-hydrogen) atoms. The number of ether oxygens (including phenoxy) is 1. The third-order valence-electron chi connectivity index (χ3n) is 4.88. The highest BCUT2D eigenvalue weighted by molar-refractivity contribution is 7.05. The minimum absolute atomic E-state index is 0.112. The van der Waals surface area contributed by atoms with Gasteiger partial charge in [0.1, 0.15) is 5.75 Å². The predicted molar refractivity (Wildman–Crippen MR) is 110 cm³/mol. The van der Waals surface area contributed by atoms with Crippen molar-refractivity contribution in [3.63, 3.8) is 0 Å². The number of hydrogen-bond donors (Lipinski definition) is 2. The number of aromatic amines is 2. The van der Waals surface area contributed by atoms with E-state index in [-0.39, 0.29) is 5.91 Å². The van der Waals surface area contributed by atoms with Gasteiger partial charge in [-0.3, -0.25) is 4.79 Å². The van der Waals surface area contributed by atoms with Crippen molar-refractivity contribution < 1.29 is 9.53 Å². The highest BCUT2D eigenvalue weighted by Gasteiger charge is 2.23. The molecule has 0 saturated heterocycles. The lowest BCUT2D eigenvalue weighted by Gasteiger charge is -2.27. The van der Waals surface area contributed by atoms with Gasteiger partial charge in [0.2, 0.25) is 11.8 Å². The lowest BCUT2D eigenvalue weighted by atomic mass is 9.88. The Morgan fingerprint density at radius 2 is 2.07 bits per heavy atom. The van der Waals surface area contributed by atoms with E-state index in [1.165, 1.54) is 37.7 Å². The van der Waals surface area contributed by atoms with Crippen molar-refractivity contribution in [3.05, 3.63) is 35.2 Å². The van der Waals surface area contributed by atoms with E-state index < -0.39 is 0 Å². The Bertz CT molecular complexity index is 834. The van der Waals surface area contributed by atoms with Crippen LogP contribution in [0.15, 0.2) is 30.3 Å². The molecule has 0 atom stereocenters. The number of H-pyrrole nitrogens is 2. The van der Waals surface area contributed by atoms with Gasteiger partial charge in [-0.25, -0.2) is 14.6 Å². The second-order valence-electron chi connectivity index (χ2n) is 6.96. The minimum atomic E-state index is -0.112. The topological polar surface area (TPSA) is 89.8 Å². The van der Waals surface area contributed by atoms with Crippen LogP contribution in [0.5, 0.6) is 11.6 Å². The van der Waals surface area contributed by atoms with Crippen LogP contribution in [-0.4, -0.2) is 26.9 Å². The number of nitrogens with zero attached hydrogens (tertiary/aromatic N) is 3. The summed E-state index contributed by atoms with van der Waals surface area (Å²) in [5.41, 5.74) is 0. The molecule has 3 rings (SSSR count). The fraction of sp³-hybridized carbons (Fsp3) is 0.500. The molecule has 0 radical (unpaired) electrons.